The van der Waals surface area contributed by atoms with Crippen molar-refractivity contribution in [1.29, 1.82) is 0 Å². The first-order valence-corrected chi connectivity index (χ1v) is 7.34. The Morgan fingerprint density at radius 2 is 2.14 bits per heavy atom. The summed E-state index contributed by atoms with van der Waals surface area (Å²) in [4.78, 5) is 29.1. The van der Waals surface area contributed by atoms with Crippen molar-refractivity contribution < 1.29 is 14.7 Å². The van der Waals surface area contributed by atoms with Crippen LogP contribution in [-0.4, -0.2) is 39.6 Å². The van der Waals surface area contributed by atoms with E-state index in [0.29, 0.717) is 18.3 Å². The number of carboxylic acid groups (broad SMARTS) is 1. The highest BCUT2D eigenvalue weighted by Gasteiger charge is 2.25. The van der Waals surface area contributed by atoms with Crippen LogP contribution in [0.5, 0.6) is 0 Å². The number of nitrogens with one attached hydrogen (secondary N) is 1. The largest absolute Gasteiger partial charge is 0.478 e. The zero-order valence-electron chi connectivity index (χ0n) is 12.2. The molecule has 1 saturated carbocycles. The summed E-state index contributed by atoms with van der Waals surface area (Å²) in [6.07, 6.45) is 5.93. The third kappa shape index (κ3) is 3.93. The molecule has 1 aromatic heterocycles. The van der Waals surface area contributed by atoms with Gasteiger partial charge >= 0.3 is 12.0 Å². The van der Waals surface area contributed by atoms with Gasteiger partial charge < -0.3 is 15.3 Å². The quantitative estimate of drug-likeness (QED) is 0.871. The number of carbonyl (C=O) groups excluding carboxylic acids is 1. The van der Waals surface area contributed by atoms with Crippen molar-refractivity contribution in [3.05, 3.63) is 29.6 Å². The molecule has 0 spiro atoms. The van der Waals surface area contributed by atoms with E-state index in [0.717, 1.165) is 12.8 Å². The molecule has 2 rings (SSSR count). The Morgan fingerprint density at radius 3 is 2.76 bits per heavy atom. The number of carbonyl (C=O) groups is 2. The van der Waals surface area contributed by atoms with Crippen LogP contribution in [0.25, 0.3) is 0 Å². The molecule has 1 aromatic rings. The van der Waals surface area contributed by atoms with Crippen LogP contribution in [0.3, 0.4) is 0 Å². The second-order valence-corrected chi connectivity index (χ2v) is 5.22. The van der Waals surface area contributed by atoms with Crippen LogP contribution in [0, 0.1) is 0 Å². The second-order valence-electron chi connectivity index (χ2n) is 5.22. The predicted octanol–water partition coefficient (Wildman–Crippen LogP) is 2.25. The third-order valence-electron chi connectivity index (χ3n) is 3.85. The van der Waals surface area contributed by atoms with Crippen molar-refractivity contribution >= 4 is 12.0 Å². The summed E-state index contributed by atoms with van der Waals surface area (Å²) in [6.45, 7) is 2.89. The third-order valence-corrected chi connectivity index (χ3v) is 3.85. The minimum absolute atomic E-state index is 0.105. The van der Waals surface area contributed by atoms with Gasteiger partial charge in [-0.15, -0.1) is 0 Å². The minimum atomic E-state index is -0.994. The number of pyridine rings is 1. The van der Waals surface area contributed by atoms with Crippen molar-refractivity contribution in [1.82, 2.24) is 15.2 Å². The molecule has 0 aliphatic heterocycles. The van der Waals surface area contributed by atoms with E-state index < -0.39 is 5.97 Å². The Balaban J connectivity index is 1.93. The fourth-order valence-corrected chi connectivity index (χ4v) is 2.76. The lowest BCUT2D eigenvalue weighted by atomic mass is 10.2. The molecule has 0 bridgehead atoms. The lowest BCUT2D eigenvalue weighted by Gasteiger charge is -2.27. The van der Waals surface area contributed by atoms with Gasteiger partial charge in [-0.25, -0.2) is 9.59 Å². The van der Waals surface area contributed by atoms with Crippen LogP contribution < -0.4 is 5.32 Å². The SMILES string of the molecule is CCN(C(=O)NCc1cc(C(=O)O)ccn1)C1CCCC1. The lowest BCUT2D eigenvalue weighted by molar-refractivity contribution is 0.0696. The van der Waals surface area contributed by atoms with Crippen LogP contribution in [-0.2, 0) is 6.54 Å². The van der Waals surface area contributed by atoms with E-state index in [1.165, 1.54) is 31.2 Å². The number of aromatic nitrogens is 1. The number of hydrogen-bond donors (Lipinski definition) is 2. The van der Waals surface area contributed by atoms with Gasteiger partial charge in [0.05, 0.1) is 17.8 Å². The standard InChI is InChI=1S/C15H21N3O3/c1-2-18(13-5-3-4-6-13)15(21)17-10-12-9-11(14(19)20)7-8-16-12/h7-9,13H,2-6,10H2,1H3,(H,17,21)(H,19,20). The van der Waals surface area contributed by atoms with Gasteiger partial charge in [-0.3, -0.25) is 4.98 Å². The molecule has 1 aliphatic rings. The molecule has 6 heteroatoms. The van der Waals surface area contributed by atoms with E-state index in [1.54, 1.807) is 0 Å². The fraction of sp³-hybridized carbons (Fsp3) is 0.533. The number of carboxylic acids is 1. The molecule has 0 atom stereocenters. The number of nitrogens with zero attached hydrogens (tertiary/aromatic N) is 2. The van der Waals surface area contributed by atoms with Crippen LogP contribution in [0.15, 0.2) is 18.3 Å². The van der Waals surface area contributed by atoms with Crippen LogP contribution >= 0.6 is 0 Å². The maximum atomic E-state index is 12.2. The van der Waals surface area contributed by atoms with Crippen molar-refractivity contribution in [2.45, 2.75) is 45.2 Å². The summed E-state index contributed by atoms with van der Waals surface area (Å²) in [7, 11) is 0. The molecule has 0 unspecified atom stereocenters. The summed E-state index contributed by atoms with van der Waals surface area (Å²) >= 11 is 0. The molecule has 114 valence electrons. The van der Waals surface area contributed by atoms with Crippen molar-refractivity contribution in [2.75, 3.05) is 6.54 Å². The first kappa shape index (κ1) is 15.3. The Kier molecular flexibility index (Phi) is 5.14. The molecule has 1 aliphatic carbocycles. The predicted molar refractivity (Wildman–Crippen MR) is 78.1 cm³/mol. The van der Waals surface area contributed by atoms with E-state index in [1.807, 2.05) is 11.8 Å². The normalized spacial score (nSPS) is 14.9. The van der Waals surface area contributed by atoms with Gasteiger partial charge in [-0.1, -0.05) is 12.8 Å². The number of amides is 2. The molecule has 0 radical (unpaired) electrons. The van der Waals surface area contributed by atoms with Crippen molar-refractivity contribution in [2.24, 2.45) is 0 Å². The Hall–Kier alpha value is -2.11. The Labute approximate surface area is 124 Å². The number of hydrogen-bond acceptors (Lipinski definition) is 3. The van der Waals surface area contributed by atoms with E-state index in [2.05, 4.69) is 10.3 Å². The molecule has 1 fully saturated rings. The lowest BCUT2D eigenvalue weighted by Crippen LogP contribution is -2.44. The van der Waals surface area contributed by atoms with Crippen molar-refractivity contribution in [3.8, 4) is 0 Å². The van der Waals surface area contributed by atoms with Crippen LogP contribution in [0.2, 0.25) is 0 Å². The highest BCUT2D eigenvalue weighted by molar-refractivity contribution is 5.87. The van der Waals surface area contributed by atoms with Gasteiger partial charge in [-0.2, -0.15) is 0 Å². The molecule has 2 amide bonds. The van der Waals surface area contributed by atoms with E-state index in [4.69, 9.17) is 5.11 Å². The van der Waals surface area contributed by atoms with E-state index in [9.17, 15) is 9.59 Å². The molecule has 2 N–H and O–H groups in total. The maximum Gasteiger partial charge on any atom is 0.335 e. The van der Waals surface area contributed by atoms with E-state index in [-0.39, 0.29) is 18.1 Å². The summed E-state index contributed by atoms with van der Waals surface area (Å²) in [6, 6.07) is 3.14. The van der Waals surface area contributed by atoms with Crippen molar-refractivity contribution in [3.63, 3.8) is 0 Å². The average Bonchev–Trinajstić information content (AvgIpc) is 3.00. The van der Waals surface area contributed by atoms with Gasteiger partial charge in [0.1, 0.15) is 0 Å². The number of rotatable bonds is 5. The zero-order valence-corrected chi connectivity index (χ0v) is 12.2. The summed E-state index contributed by atoms with van der Waals surface area (Å²) < 4.78 is 0. The number of aromatic carboxylic acids is 1. The average molecular weight is 291 g/mol. The molecule has 1 heterocycles. The molecular formula is C15H21N3O3. The van der Waals surface area contributed by atoms with Crippen LogP contribution in [0.1, 0.15) is 48.7 Å². The molecule has 0 aromatic carbocycles. The highest BCUT2D eigenvalue weighted by atomic mass is 16.4. The number of urea groups is 1. The van der Waals surface area contributed by atoms with Crippen LogP contribution in [0.4, 0.5) is 4.79 Å². The van der Waals surface area contributed by atoms with Gasteiger partial charge in [0.15, 0.2) is 0 Å². The topological polar surface area (TPSA) is 82.5 Å². The smallest absolute Gasteiger partial charge is 0.335 e. The Morgan fingerprint density at radius 1 is 1.43 bits per heavy atom. The summed E-state index contributed by atoms with van der Waals surface area (Å²) in [5, 5.41) is 11.8. The van der Waals surface area contributed by atoms with Gasteiger partial charge in [0.2, 0.25) is 0 Å². The first-order valence-electron chi connectivity index (χ1n) is 7.34. The molecular weight excluding hydrogens is 270 g/mol. The van der Waals surface area contributed by atoms with Gasteiger partial charge in [0, 0.05) is 18.8 Å². The maximum absolute atomic E-state index is 12.2. The first-order chi connectivity index (χ1) is 10.1. The zero-order chi connectivity index (χ0) is 15.2. The highest BCUT2D eigenvalue weighted by Crippen LogP contribution is 2.23. The minimum Gasteiger partial charge on any atom is -0.478 e. The monoisotopic (exact) mass is 291 g/mol. The summed E-state index contributed by atoms with van der Waals surface area (Å²) in [5.41, 5.74) is 0.725. The van der Waals surface area contributed by atoms with Gasteiger partial charge in [-0.05, 0) is 31.9 Å². The Bertz CT molecular complexity index is 513. The summed E-state index contributed by atoms with van der Waals surface area (Å²) in [5.74, 6) is -0.994. The molecule has 21 heavy (non-hydrogen) atoms. The molecule has 0 saturated heterocycles. The fourth-order valence-electron chi connectivity index (χ4n) is 2.76. The molecule has 6 nitrogen and oxygen atoms in total. The van der Waals surface area contributed by atoms with Gasteiger partial charge in [0.25, 0.3) is 0 Å². The second kappa shape index (κ2) is 7.06. The van der Waals surface area contributed by atoms with E-state index >= 15 is 0 Å².